The number of phenolic OH excluding ortho intramolecular Hbond substituents is 2. The normalized spacial score (nSPS) is 12.5. The van der Waals surface area contributed by atoms with Gasteiger partial charge in [0, 0.05) is 16.8 Å². The molecule has 0 atom stereocenters. The molecule has 0 aromatic heterocycles. The van der Waals surface area contributed by atoms with Crippen molar-refractivity contribution in [3.63, 3.8) is 0 Å². The number of rotatable bonds is 12. The van der Waals surface area contributed by atoms with Crippen molar-refractivity contribution in [2.24, 2.45) is 20.5 Å². The van der Waals surface area contributed by atoms with Gasteiger partial charge in [-0.05, 0) is 48.5 Å². The van der Waals surface area contributed by atoms with Crippen molar-refractivity contribution >= 4 is 89.2 Å². The summed E-state index contributed by atoms with van der Waals surface area (Å²) in [6.45, 7) is 0. The first-order chi connectivity index (χ1) is 21.6. The molecule has 0 amide bonds. The van der Waals surface area contributed by atoms with Crippen LogP contribution in [0, 0.1) is 0 Å². The summed E-state index contributed by atoms with van der Waals surface area (Å²) in [6.07, 6.45) is 0. The molecule has 46 heavy (non-hydrogen) atoms. The van der Waals surface area contributed by atoms with Crippen LogP contribution in [0.5, 0.6) is 11.5 Å². The maximum Gasteiger partial charge on any atom is 0.296 e. The van der Waals surface area contributed by atoms with Crippen LogP contribution in [-0.2, 0) is 39.0 Å². The second kappa shape index (κ2) is 14.1. The highest BCUT2D eigenvalue weighted by atomic mass is 32.2. The molecule has 24 heteroatoms. The Balaban J connectivity index is 1.98. The van der Waals surface area contributed by atoms with Crippen molar-refractivity contribution < 1.29 is 65.4 Å². The van der Waals surface area contributed by atoms with E-state index in [0.717, 1.165) is 18.2 Å². The van der Waals surface area contributed by atoms with Gasteiger partial charge >= 0.3 is 0 Å². The lowest BCUT2D eigenvalue weighted by Crippen LogP contribution is -2.00. The molecule has 4 aromatic carbocycles. The third-order valence-electron chi connectivity index (χ3n) is 5.61. The van der Waals surface area contributed by atoms with Gasteiger partial charge in [-0.15, -0.1) is 29.1 Å². The summed E-state index contributed by atoms with van der Waals surface area (Å²) in [7, 11) is -10.0. The number of nitrogens with zero attached hydrogens (tertiary/aromatic N) is 4. The molecule has 244 valence electrons. The smallest absolute Gasteiger partial charge is 0.296 e. The predicted octanol–water partition coefficient (Wildman–Crippen LogP) is 5.60. The number of fused-ring (bicyclic) bond motifs is 1. The highest BCUT2D eigenvalue weighted by molar-refractivity contribution is 7.95. The second-order valence-corrected chi connectivity index (χ2v) is 12.8. The number of benzene rings is 4. The maximum absolute atomic E-state index is 12.4. The summed E-state index contributed by atoms with van der Waals surface area (Å²) in [5, 5.41) is 60.6. The van der Waals surface area contributed by atoms with E-state index in [2.05, 4.69) is 39.2 Å². The first kappa shape index (κ1) is 34.7. The van der Waals surface area contributed by atoms with E-state index in [0.29, 0.717) is 18.1 Å². The molecule has 0 spiro atoms. The summed E-state index contributed by atoms with van der Waals surface area (Å²) in [4.78, 5) is -1.90. The van der Waals surface area contributed by atoms with Crippen molar-refractivity contribution in [2.75, 3.05) is 11.5 Å². The molecule has 0 heterocycles. The number of anilines is 2. The molecule has 0 fully saturated rings. The number of nitrogen functional groups attached to an aromatic ring is 2. The zero-order valence-electron chi connectivity index (χ0n) is 22.1. The van der Waals surface area contributed by atoms with Gasteiger partial charge in [-0.2, -0.15) is 16.8 Å². The topological polar surface area (TPSA) is 328 Å². The number of phenols is 2. The molecule has 0 aliphatic rings. The summed E-state index contributed by atoms with van der Waals surface area (Å²) in [5.41, 5.74) is 9.79. The maximum atomic E-state index is 12.4. The van der Waals surface area contributed by atoms with Crippen LogP contribution < -0.4 is 11.5 Å². The quantitative estimate of drug-likeness (QED) is 0.0221. The SMILES string of the molecule is Nc1ccc(/N=N/c2cc(S(=O)(=O)O)c3cc(SOOO)c(/N=N/c4ccc(N)cc4S(=O)(=O)O)c(O)c3c2O)c(SOOO)c1. The van der Waals surface area contributed by atoms with Crippen LogP contribution in [0.15, 0.2) is 88.6 Å². The average Bonchev–Trinajstić information content (AvgIpc) is 2.98. The third-order valence-corrected chi connectivity index (χ3v) is 8.64. The van der Waals surface area contributed by atoms with Crippen LogP contribution in [-0.4, -0.2) is 46.7 Å². The summed E-state index contributed by atoms with van der Waals surface area (Å²) in [5.74, 6) is -1.92. The molecule has 0 unspecified atom stereocenters. The second-order valence-electron chi connectivity index (χ2n) is 8.49. The van der Waals surface area contributed by atoms with Gasteiger partial charge in [-0.3, -0.25) is 9.11 Å². The third kappa shape index (κ3) is 7.78. The van der Waals surface area contributed by atoms with E-state index in [1.807, 2.05) is 0 Å². The molecule has 0 aliphatic carbocycles. The van der Waals surface area contributed by atoms with E-state index in [1.165, 1.54) is 24.3 Å². The number of aromatic hydroxyl groups is 2. The van der Waals surface area contributed by atoms with Crippen LogP contribution in [0.3, 0.4) is 0 Å². The highest BCUT2D eigenvalue weighted by Crippen LogP contribution is 2.51. The molecule has 10 N–H and O–H groups in total. The Morgan fingerprint density at radius 3 is 1.78 bits per heavy atom. The Kier molecular flexibility index (Phi) is 10.6. The van der Waals surface area contributed by atoms with Crippen LogP contribution in [0.4, 0.5) is 34.1 Å². The van der Waals surface area contributed by atoms with E-state index >= 15 is 0 Å². The van der Waals surface area contributed by atoms with Crippen LogP contribution in [0.25, 0.3) is 10.8 Å². The van der Waals surface area contributed by atoms with Crippen molar-refractivity contribution in [3.05, 3.63) is 48.5 Å². The zero-order valence-corrected chi connectivity index (χ0v) is 25.4. The molecule has 0 aliphatic heterocycles. The van der Waals surface area contributed by atoms with Gasteiger partial charge in [0.25, 0.3) is 20.2 Å². The standard InChI is InChI=1S/C22H18N6O14S4/c23-9-1-3-12(15(5-9)43-41-39-31)25-27-14-8-17(45(33,34)35)11-7-16(44-42-40-32)20(22(30)19(11)21(14)29)28-26-13-4-2-10(24)6-18(13)46(36,37)38/h1-8,29-32H,23-24H2,(H,33,34,35)(H,36,37,38)/b27-25+,28-26+. The Morgan fingerprint density at radius 2 is 1.17 bits per heavy atom. The van der Waals surface area contributed by atoms with Crippen molar-refractivity contribution in [1.82, 2.24) is 0 Å². The Hall–Kier alpha value is -4.18. The fourth-order valence-corrected chi connectivity index (χ4v) is 6.06. The molecule has 0 saturated heterocycles. The summed E-state index contributed by atoms with van der Waals surface area (Å²) in [6, 6.07) is 8.87. The molecule has 0 radical (unpaired) electrons. The minimum Gasteiger partial charge on any atom is -0.505 e. The lowest BCUT2D eigenvalue weighted by molar-refractivity contribution is -0.432. The van der Waals surface area contributed by atoms with E-state index in [4.69, 9.17) is 22.0 Å². The monoisotopic (exact) mass is 718 g/mol. The first-order valence-corrected chi connectivity index (χ1v) is 15.9. The van der Waals surface area contributed by atoms with E-state index in [1.54, 1.807) is 0 Å². The van der Waals surface area contributed by atoms with E-state index in [-0.39, 0.29) is 38.9 Å². The molecular weight excluding hydrogens is 701 g/mol. The Labute approximate surface area is 265 Å². The predicted molar refractivity (Wildman–Crippen MR) is 158 cm³/mol. The molecule has 4 aromatic rings. The van der Waals surface area contributed by atoms with E-state index in [9.17, 15) is 36.2 Å². The summed E-state index contributed by atoms with van der Waals surface area (Å²) >= 11 is 0.604. The fraction of sp³-hybridized carbons (Fsp3) is 0. The van der Waals surface area contributed by atoms with Gasteiger partial charge in [0.15, 0.2) is 11.5 Å². The number of nitrogens with two attached hydrogens (primary N) is 2. The van der Waals surface area contributed by atoms with Crippen molar-refractivity contribution in [3.8, 4) is 11.5 Å². The Morgan fingerprint density at radius 1 is 0.630 bits per heavy atom. The van der Waals surface area contributed by atoms with Crippen LogP contribution in [0.1, 0.15) is 0 Å². The van der Waals surface area contributed by atoms with E-state index < -0.39 is 69.4 Å². The van der Waals surface area contributed by atoms with Crippen molar-refractivity contribution in [2.45, 2.75) is 19.6 Å². The van der Waals surface area contributed by atoms with Gasteiger partial charge in [0.05, 0.1) is 39.3 Å². The molecule has 4 rings (SSSR count). The number of hydrogen-bond acceptors (Lipinski definition) is 20. The minimum atomic E-state index is -5.13. The lowest BCUT2D eigenvalue weighted by atomic mass is 10.1. The number of azo groups is 2. The van der Waals surface area contributed by atoms with Crippen molar-refractivity contribution in [1.29, 1.82) is 0 Å². The molecule has 0 bridgehead atoms. The first-order valence-electron chi connectivity index (χ1n) is 11.6. The fourth-order valence-electron chi connectivity index (χ4n) is 3.73. The largest absolute Gasteiger partial charge is 0.505 e. The lowest BCUT2D eigenvalue weighted by Gasteiger charge is -2.14. The Bertz CT molecular complexity index is 2100. The number of hydrogen-bond donors (Lipinski definition) is 8. The highest BCUT2D eigenvalue weighted by Gasteiger charge is 2.27. The van der Waals surface area contributed by atoms with Gasteiger partial charge < -0.3 is 21.7 Å². The van der Waals surface area contributed by atoms with Gasteiger partial charge in [-0.1, -0.05) is 10.1 Å². The van der Waals surface area contributed by atoms with Crippen LogP contribution >= 0.6 is 24.1 Å². The van der Waals surface area contributed by atoms with Gasteiger partial charge in [0.1, 0.15) is 32.5 Å². The molecule has 20 nitrogen and oxygen atoms in total. The summed E-state index contributed by atoms with van der Waals surface area (Å²) < 4.78 is 76.8. The molecular formula is C22H18N6O14S4. The van der Waals surface area contributed by atoms with Gasteiger partial charge in [0.2, 0.25) is 0 Å². The van der Waals surface area contributed by atoms with Gasteiger partial charge in [-0.25, -0.2) is 10.5 Å². The van der Waals surface area contributed by atoms with Crippen LogP contribution in [0.2, 0.25) is 0 Å². The molecule has 0 saturated carbocycles. The zero-order chi connectivity index (χ0) is 33.8. The minimum absolute atomic E-state index is 0.00824. The average molecular weight is 719 g/mol.